The average Bonchev–Trinajstić information content (AvgIpc) is 2.41. The molecular weight excluding hydrogens is 272 g/mol. The van der Waals surface area contributed by atoms with Gasteiger partial charge in [-0.2, -0.15) is 5.26 Å². The van der Waals surface area contributed by atoms with Gasteiger partial charge in [-0.1, -0.05) is 51.9 Å². The molecule has 0 saturated carbocycles. The second-order valence-corrected chi connectivity index (χ2v) is 7.23. The van der Waals surface area contributed by atoms with Crippen molar-refractivity contribution in [3.63, 3.8) is 0 Å². The van der Waals surface area contributed by atoms with Crippen LogP contribution in [0, 0.1) is 11.3 Å². The zero-order valence-corrected chi connectivity index (χ0v) is 13.7. The minimum absolute atomic E-state index is 0.263. The largest absolute Gasteiger partial charge is 0.215 e. The molecular formula is C15H30N2O2S. The number of rotatable bonds is 14. The van der Waals surface area contributed by atoms with Crippen LogP contribution in [0.15, 0.2) is 0 Å². The van der Waals surface area contributed by atoms with Crippen LogP contribution in [0.5, 0.6) is 0 Å². The standard InChI is InChI=1S/C15H30N2O2S/c1-2-3-4-9-12-15-20(18,19)17-14-11-8-6-5-7-10-13-16/h17H,2-12,14-15H2,1H3. The second kappa shape index (κ2) is 13.4. The third kappa shape index (κ3) is 13.8. The van der Waals surface area contributed by atoms with E-state index in [4.69, 9.17) is 5.26 Å². The fourth-order valence-corrected chi connectivity index (χ4v) is 3.24. The van der Waals surface area contributed by atoms with Gasteiger partial charge < -0.3 is 0 Å². The van der Waals surface area contributed by atoms with Crippen LogP contribution in [0.4, 0.5) is 0 Å². The van der Waals surface area contributed by atoms with Crippen molar-refractivity contribution >= 4 is 10.0 Å². The molecule has 4 nitrogen and oxygen atoms in total. The quantitative estimate of drug-likeness (QED) is 0.497. The van der Waals surface area contributed by atoms with E-state index in [-0.39, 0.29) is 5.75 Å². The number of nitriles is 1. The third-order valence-corrected chi connectivity index (χ3v) is 4.77. The molecule has 0 spiro atoms. The van der Waals surface area contributed by atoms with E-state index in [0.29, 0.717) is 13.0 Å². The number of hydrogen-bond acceptors (Lipinski definition) is 3. The van der Waals surface area contributed by atoms with Gasteiger partial charge in [-0.3, -0.25) is 0 Å². The first kappa shape index (κ1) is 19.4. The lowest BCUT2D eigenvalue weighted by molar-refractivity contribution is 0.563. The van der Waals surface area contributed by atoms with Crippen LogP contribution in [0.2, 0.25) is 0 Å². The van der Waals surface area contributed by atoms with E-state index < -0.39 is 10.0 Å². The molecule has 1 N–H and O–H groups in total. The SMILES string of the molecule is CCCCCCCS(=O)(=O)NCCCCCCCC#N. The van der Waals surface area contributed by atoms with Crippen molar-refractivity contribution in [2.75, 3.05) is 12.3 Å². The molecule has 0 radical (unpaired) electrons. The molecule has 20 heavy (non-hydrogen) atoms. The second-order valence-electron chi connectivity index (χ2n) is 5.30. The van der Waals surface area contributed by atoms with Gasteiger partial charge in [-0.05, 0) is 19.3 Å². The Hall–Kier alpha value is -0.600. The van der Waals surface area contributed by atoms with Gasteiger partial charge >= 0.3 is 0 Å². The first-order valence-electron chi connectivity index (χ1n) is 7.96. The van der Waals surface area contributed by atoms with E-state index >= 15 is 0 Å². The summed E-state index contributed by atoms with van der Waals surface area (Å²) in [6.07, 6.45) is 10.9. The fraction of sp³-hybridized carbons (Fsp3) is 0.933. The van der Waals surface area contributed by atoms with Crippen molar-refractivity contribution in [1.82, 2.24) is 4.72 Å². The highest BCUT2D eigenvalue weighted by Gasteiger charge is 2.08. The first-order chi connectivity index (χ1) is 9.62. The van der Waals surface area contributed by atoms with Crippen molar-refractivity contribution in [2.45, 2.75) is 77.6 Å². The number of nitrogens with zero attached hydrogens (tertiary/aromatic N) is 1. The van der Waals surface area contributed by atoms with Gasteiger partial charge in [0.05, 0.1) is 11.8 Å². The minimum Gasteiger partial charge on any atom is -0.215 e. The maximum Gasteiger partial charge on any atom is 0.211 e. The van der Waals surface area contributed by atoms with Crippen LogP contribution >= 0.6 is 0 Å². The number of hydrogen-bond donors (Lipinski definition) is 1. The third-order valence-electron chi connectivity index (χ3n) is 3.30. The number of unbranched alkanes of at least 4 members (excludes halogenated alkanes) is 9. The fourth-order valence-electron chi connectivity index (χ4n) is 2.05. The Balaban J connectivity index is 3.41. The summed E-state index contributed by atoms with van der Waals surface area (Å²) < 4.78 is 26.1. The summed E-state index contributed by atoms with van der Waals surface area (Å²) in [5.41, 5.74) is 0. The summed E-state index contributed by atoms with van der Waals surface area (Å²) in [6.45, 7) is 2.70. The first-order valence-corrected chi connectivity index (χ1v) is 9.62. The highest BCUT2D eigenvalue weighted by Crippen LogP contribution is 2.06. The molecule has 0 aromatic carbocycles. The monoisotopic (exact) mass is 302 g/mol. The molecule has 5 heteroatoms. The van der Waals surface area contributed by atoms with Gasteiger partial charge in [0.15, 0.2) is 0 Å². The Morgan fingerprint density at radius 1 is 0.900 bits per heavy atom. The zero-order valence-electron chi connectivity index (χ0n) is 12.9. The van der Waals surface area contributed by atoms with Gasteiger partial charge in [-0.25, -0.2) is 13.1 Å². The Kier molecular flexibility index (Phi) is 13.0. The topological polar surface area (TPSA) is 70.0 Å². The normalized spacial score (nSPS) is 11.4. The van der Waals surface area contributed by atoms with Crippen molar-refractivity contribution in [1.29, 1.82) is 5.26 Å². The highest BCUT2D eigenvalue weighted by molar-refractivity contribution is 7.89. The molecule has 0 aliphatic carbocycles. The molecule has 0 saturated heterocycles. The van der Waals surface area contributed by atoms with Crippen LogP contribution in [0.1, 0.15) is 77.6 Å². The van der Waals surface area contributed by atoms with E-state index in [2.05, 4.69) is 17.7 Å². The molecule has 0 aliphatic rings. The maximum absolute atomic E-state index is 11.7. The summed E-state index contributed by atoms with van der Waals surface area (Å²) in [5, 5.41) is 8.39. The van der Waals surface area contributed by atoms with E-state index in [9.17, 15) is 8.42 Å². The average molecular weight is 302 g/mol. The molecule has 0 aromatic heterocycles. The van der Waals surface area contributed by atoms with E-state index in [0.717, 1.165) is 51.4 Å². The zero-order chi connectivity index (χ0) is 15.1. The summed E-state index contributed by atoms with van der Waals surface area (Å²) in [5.74, 6) is 0.263. The molecule has 0 heterocycles. The predicted molar refractivity (Wildman–Crippen MR) is 83.9 cm³/mol. The van der Waals surface area contributed by atoms with Crippen LogP contribution < -0.4 is 4.72 Å². The summed E-state index contributed by atoms with van der Waals surface area (Å²) in [7, 11) is -3.06. The predicted octanol–water partition coefficient (Wildman–Crippen LogP) is 3.74. The number of sulfonamides is 1. The summed E-state index contributed by atoms with van der Waals surface area (Å²) in [4.78, 5) is 0. The van der Waals surface area contributed by atoms with Crippen molar-refractivity contribution in [2.24, 2.45) is 0 Å². The van der Waals surface area contributed by atoms with Gasteiger partial charge in [-0.15, -0.1) is 0 Å². The lowest BCUT2D eigenvalue weighted by atomic mass is 10.1. The summed E-state index contributed by atoms with van der Waals surface area (Å²) >= 11 is 0. The van der Waals surface area contributed by atoms with Crippen molar-refractivity contribution in [3.8, 4) is 6.07 Å². The molecule has 0 aliphatic heterocycles. The van der Waals surface area contributed by atoms with E-state index in [1.165, 1.54) is 12.8 Å². The van der Waals surface area contributed by atoms with Crippen molar-refractivity contribution < 1.29 is 8.42 Å². The minimum atomic E-state index is -3.06. The highest BCUT2D eigenvalue weighted by atomic mass is 32.2. The lowest BCUT2D eigenvalue weighted by Gasteiger charge is -2.06. The molecule has 0 atom stereocenters. The van der Waals surface area contributed by atoms with E-state index in [1.807, 2.05) is 0 Å². The van der Waals surface area contributed by atoms with Crippen molar-refractivity contribution in [3.05, 3.63) is 0 Å². The van der Waals surface area contributed by atoms with Crippen LogP contribution in [0.3, 0.4) is 0 Å². The van der Waals surface area contributed by atoms with Gasteiger partial charge in [0.25, 0.3) is 0 Å². The van der Waals surface area contributed by atoms with Gasteiger partial charge in [0, 0.05) is 13.0 Å². The van der Waals surface area contributed by atoms with Gasteiger partial charge in [0.2, 0.25) is 10.0 Å². The molecule has 0 bridgehead atoms. The number of nitrogens with one attached hydrogen (secondary N) is 1. The maximum atomic E-state index is 11.7. The molecule has 0 amide bonds. The smallest absolute Gasteiger partial charge is 0.211 e. The van der Waals surface area contributed by atoms with Crippen LogP contribution in [0.25, 0.3) is 0 Å². The van der Waals surface area contributed by atoms with E-state index in [1.54, 1.807) is 0 Å². The molecule has 0 unspecified atom stereocenters. The molecule has 0 fully saturated rings. The molecule has 0 rings (SSSR count). The van der Waals surface area contributed by atoms with Gasteiger partial charge in [0.1, 0.15) is 0 Å². The lowest BCUT2D eigenvalue weighted by Crippen LogP contribution is -2.27. The molecule has 118 valence electrons. The Morgan fingerprint density at radius 3 is 2.20 bits per heavy atom. The van der Waals surface area contributed by atoms with Crippen LogP contribution in [-0.2, 0) is 10.0 Å². The van der Waals surface area contributed by atoms with Crippen LogP contribution in [-0.4, -0.2) is 20.7 Å². The summed E-state index contributed by atoms with van der Waals surface area (Å²) in [6, 6.07) is 2.13. The Labute approximate surface area is 125 Å². The Morgan fingerprint density at radius 2 is 1.50 bits per heavy atom. The molecule has 0 aromatic rings. The Bertz CT molecular complexity index is 347.